The van der Waals surface area contributed by atoms with E-state index in [1.54, 1.807) is 17.0 Å². The van der Waals surface area contributed by atoms with Gasteiger partial charge in [-0.05, 0) is 38.2 Å². The highest BCUT2D eigenvalue weighted by molar-refractivity contribution is 6.05. The topological polar surface area (TPSA) is 90.6 Å². The fourth-order valence-electron chi connectivity index (χ4n) is 3.80. The van der Waals surface area contributed by atoms with Crippen LogP contribution in [0.1, 0.15) is 16.1 Å². The zero-order chi connectivity index (χ0) is 22.7. The number of rotatable bonds is 6. The number of carbonyl (C=O) groups is 2. The van der Waals surface area contributed by atoms with E-state index in [1.807, 2.05) is 37.1 Å². The highest BCUT2D eigenvalue weighted by atomic mass is 19.1. The molecule has 32 heavy (non-hydrogen) atoms. The average Bonchev–Trinajstić information content (AvgIpc) is 3.19. The zero-order valence-electron chi connectivity index (χ0n) is 18.1. The molecule has 1 aliphatic heterocycles. The molecule has 1 aromatic heterocycles. The van der Waals surface area contributed by atoms with Crippen LogP contribution in [0.25, 0.3) is 10.9 Å². The van der Waals surface area contributed by atoms with Gasteiger partial charge in [-0.3, -0.25) is 19.6 Å². The van der Waals surface area contributed by atoms with Gasteiger partial charge in [0.25, 0.3) is 5.91 Å². The van der Waals surface area contributed by atoms with E-state index >= 15 is 0 Å². The predicted molar refractivity (Wildman–Crippen MR) is 118 cm³/mol. The number of nitrogens with zero attached hydrogens (tertiary/aromatic N) is 3. The number of fused-ring (bicyclic) bond motifs is 1. The number of aryl methyl sites for hydroxylation is 1. The van der Waals surface area contributed by atoms with Crippen LogP contribution in [0.15, 0.2) is 42.5 Å². The molecule has 2 aromatic carbocycles. The van der Waals surface area contributed by atoms with Gasteiger partial charge in [-0.15, -0.1) is 0 Å². The van der Waals surface area contributed by atoms with Crippen LogP contribution < -0.4 is 10.1 Å². The molecule has 2 N–H and O–H groups in total. The molecule has 0 saturated carbocycles. The number of aromatic nitrogens is 2. The number of carbonyl (C=O) groups excluding carboxylic acids is 2. The fourth-order valence-corrected chi connectivity index (χ4v) is 3.80. The van der Waals surface area contributed by atoms with Crippen molar-refractivity contribution >= 4 is 22.7 Å². The minimum absolute atomic E-state index is 0.185. The number of piperazine rings is 1. The molecule has 1 unspecified atom stereocenters. The molecular weight excluding hydrogens is 413 g/mol. The predicted octanol–water partition coefficient (Wildman–Crippen LogP) is 1.96. The molecule has 9 heteroatoms. The smallest absolute Gasteiger partial charge is 0.275 e. The summed E-state index contributed by atoms with van der Waals surface area (Å²) in [5, 5.41) is 10.7. The average molecular weight is 439 g/mol. The summed E-state index contributed by atoms with van der Waals surface area (Å²) in [6.07, 6.45) is 0. The molecule has 168 valence electrons. The SMILES string of the molecule is Cc1ccc2[nH]nc(C(=O)N3CCN(C)C(C(=O)NCCOc4cccc(F)c4)C3)c2c1. The van der Waals surface area contributed by atoms with Crippen LogP contribution >= 0.6 is 0 Å². The largest absolute Gasteiger partial charge is 0.492 e. The lowest BCUT2D eigenvalue weighted by Gasteiger charge is -2.38. The first-order chi connectivity index (χ1) is 15.4. The normalized spacial score (nSPS) is 16.8. The number of ether oxygens (including phenoxy) is 1. The Morgan fingerprint density at radius 3 is 2.91 bits per heavy atom. The van der Waals surface area contributed by atoms with Gasteiger partial charge in [0.2, 0.25) is 5.91 Å². The van der Waals surface area contributed by atoms with Crippen molar-refractivity contribution in [3.63, 3.8) is 0 Å². The fraction of sp³-hybridized carbons (Fsp3) is 0.348. The van der Waals surface area contributed by atoms with Gasteiger partial charge in [-0.1, -0.05) is 17.7 Å². The van der Waals surface area contributed by atoms with Gasteiger partial charge >= 0.3 is 0 Å². The molecule has 0 aliphatic carbocycles. The summed E-state index contributed by atoms with van der Waals surface area (Å²) in [4.78, 5) is 29.5. The van der Waals surface area contributed by atoms with E-state index in [9.17, 15) is 14.0 Å². The molecule has 0 radical (unpaired) electrons. The highest BCUT2D eigenvalue weighted by Crippen LogP contribution is 2.20. The van der Waals surface area contributed by atoms with Crippen molar-refractivity contribution in [3.05, 3.63) is 59.5 Å². The first-order valence-electron chi connectivity index (χ1n) is 10.5. The lowest BCUT2D eigenvalue weighted by molar-refractivity contribution is -0.127. The standard InChI is InChI=1S/C23H26FN5O3/c1-15-6-7-19-18(12-15)21(27-26-19)23(31)29-10-9-28(2)20(14-29)22(30)25-8-11-32-17-5-3-4-16(24)13-17/h3-7,12-13,20H,8-11,14H2,1-2H3,(H,25,30)(H,26,27). The lowest BCUT2D eigenvalue weighted by Crippen LogP contribution is -2.59. The summed E-state index contributed by atoms with van der Waals surface area (Å²) in [5.74, 6) is -0.343. The van der Waals surface area contributed by atoms with Crippen molar-refractivity contribution < 1.29 is 18.7 Å². The second kappa shape index (κ2) is 9.35. The Kier molecular flexibility index (Phi) is 6.36. The Hall–Kier alpha value is -3.46. The van der Waals surface area contributed by atoms with Crippen LogP contribution in [0.4, 0.5) is 4.39 Å². The van der Waals surface area contributed by atoms with E-state index in [0.717, 1.165) is 16.5 Å². The Bertz CT molecular complexity index is 1130. The number of H-pyrrole nitrogens is 1. The number of amides is 2. The number of nitrogens with one attached hydrogen (secondary N) is 2. The molecule has 1 aliphatic rings. The zero-order valence-corrected chi connectivity index (χ0v) is 18.1. The Balaban J connectivity index is 1.35. The number of halogens is 1. The third-order valence-electron chi connectivity index (χ3n) is 5.62. The monoisotopic (exact) mass is 439 g/mol. The molecule has 1 fully saturated rings. The van der Waals surface area contributed by atoms with Crippen LogP contribution in [0, 0.1) is 12.7 Å². The molecule has 8 nitrogen and oxygen atoms in total. The maximum atomic E-state index is 13.2. The van der Waals surface area contributed by atoms with E-state index in [0.29, 0.717) is 24.5 Å². The molecule has 0 spiro atoms. The van der Waals surface area contributed by atoms with Crippen LogP contribution in [0.3, 0.4) is 0 Å². The molecular formula is C23H26FN5O3. The summed E-state index contributed by atoms with van der Waals surface area (Å²) in [7, 11) is 1.86. The number of hydrogen-bond acceptors (Lipinski definition) is 5. The van der Waals surface area contributed by atoms with E-state index in [-0.39, 0.29) is 37.3 Å². The lowest BCUT2D eigenvalue weighted by atomic mass is 10.1. The quantitative estimate of drug-likeness (QED) is 0.573. The van der Waals surface area contributed by atoms with Crippen LogP contribution in [-0.4, -0.2) is 77.7 Å². The summed E-state index contributed by atoms with van der Waals surface area (Å²) < 4.78 is 18.7. The second-order valence-corrected chi connectivity index (χ2v) is 7.97. The van der Waals surface area contributed by atoms with Crippen molar-refractivity contribution in [3.8, 4) is 5.75 Å². The van der Waals surface area contributed by atoms with E-state index in [2.05, 4.69) is 15.5 Å². The third-order valence-corrected chi connectivity index (χ3v) is 5.62. The molecule has 1 saturated heterocycles. The van der Waals surface area contributed by atoms with Gasteiger partial charge < -0.3 is 15.0 Å². The van der Waals surface area contributed by atoms with Gasteiger partial charge in [0.15, 0.2) is 5.69 Å². The van der Waals surface area contributed by atoms with E-state index < -0.39 is 6.04 Å². The first-order valence-corrected chi connectivity index (χ1v) is 10.5. The van der Waals surface area contributed by atoms with E-state index in [4.69, 9.17) is 4.74 Å². The highest BCUT2D eigenvalue weighted by Gasteiger charge is 2.33. The van der Waals surface area contributed by atoms with Gasteiger partial charge in [-0.25, -0.2) is 4.39 Å². The Labute approximate surface area is 185 Å². The molecule has 2 heterocycles. The first kappa shape index (κ1) is 21.8. The number of aromatic amines is 1. The second-order valence-electron chi connectivity index (χ2n) is 7.97. The number of likely N-dealkylation sites (N-methyl/N-ethyl adjacent to an activating group) is 1. The number of benzene rings is 2. The molecule has 0 bridgehead atoms. The molecule has 3 aromatic rings. The maximum Gasteiger partial charge on any atom is 0.275 e. The third kappa shape index (κ3) is 4.72. The van der Waals surface area contributed by atoms with E-state index in [1.165, 1.54) is 12.1 Å². The maximum absolute atomic E-state index is 13.2. The van der Waals surface area contributed by atoms with Crippen molar-refractivity contribution in [2.24, 2.45) is 0 Å². The van der Waals surface area contributed by atoms with Crippen LogP contribution in [0.2, 0.25) is 0 Å². The van der Waals surface area contributed by atoms with Gasteiger partial charge in [0.1, 0.15) is 24.2 Å². The molecule has 2 amide bonds. The van der Waals surface area contributed by atoms with Gasteiger partial charge in [-0.2, -0.15) is 5.10 Å². The molecule has 1 atom stereocenters. The summed E-state index contributed by atoms with van der Waals surface area (Å²) >= 11 is 0. The number of hydrogen-bond donors (Lipinski definition) is 2. The van der Waals surface area contributed by atoms with Crippen molar-refractivity contribution in [1.82, 2.24) is 25.3 Å². The van der Waals surface area contributed by atoms with Crippen molar-refractivity contribution in [2.75, 3.05) is 39.8 Å². The van der Waals surface area contributed by atoms with Crippen molar-refractivity contribution in [2.45, 2.75) is 13.0 Å². The van der Waals surface area contributed by atoms with Crippen molar-refractivity contribution in [1.29, 1.82) is 0 Å². The molecule has 4 rings (SSSR count). The minimum Gasteiger partial charge on any atom is -0.492 e. The summed E-state index contributed by atoms with van der Waals surface area (Å²) in [5.41, 5.74) is 2.22. The minimum atomic E-state index is -0.478. The Morgan fingerprint density at radius 2 is 2.09 bits per heavy atom. The van der Waals surface area contributed by atoms with Crippen LogP contribution in [0.5, 0.6) is 5.75 Å². The van der Waals surface area contributed by atoms with Crippen LogP contribution in [-0.2, 0) is 4.79 Å². The van der Waals surface area contributed by atoms with Gasteiger partial charge in [0, 0.05) is 31.1 Å². The summed E-state index contributed by atoms with van der Waals surface area (Å²) in [6, 6.07) is 11.2. The Morgan fingerprint density at radius 1 is 1.25 bits per heavy atom. The van der Waals surface area contributed by atoms with Gasteiger partial charge in [0.05, 0.1) is 12.1 Å². The summed E-state index contributed by atoms with van der Waals surface area (Å²) in [6.45, 7) is 3.82.